The summed E-state index contributed by atoms with van der Waals surface area (Å²) in [6.07, 6.45) is 35.5. The molecule has 0 rings (SSSR count). The third kappa shape index (κ3) is 39.7. The van der Waals surface area contributed by atoms with Crippen LogP contribution in [0.4, 0.5) is 0 Å². The van der Waals surface area contributed by atoms with Crippen LogP contribution in [-0.4, -0.2) is 41.0 Å². The lowest BCUT2D eigenvalue weighted by atomic mass is 10.0. The zero-order valence-electron chi connectivity index (χ0n) is 32.3. The summed E-state index contributed by atoms with van der Waals surface area (Å²) in [5.74, 6) is -0.0860. The predicted octanol–water partition coefficient (Wildman–Crippen LogP) is 12.3. The lowest BCUT2D eigenvalue weighted by molar-refractivity contribution is -0.161. The third-order valence-electron chi connectivity index (χ3n) is 9.30. The number of hydrogen-bond acceptors (Lipinski definition) is 6. The highest BCUT2D eigenvalue weighted by Crippen LogP contribution is 2.36. The van der Waals surface area contributed by atoms with Gasteiger partial charge in [-0.25, -0.2) is 4.57 Å². The van der Waals surface area contributed by atoms with Gasteiger partial charge in [0.25, 0.3) is 0 Å². The van der Waals surface area contributed by atoms with Crippen molar-refractivity contribution in [3.05, 3.63) is 0 Å². The molecule has 0 spiro atoms. The van der Waals surface area contributed by atoms with Crippen LogP contribution in [0.25, 0.3) is 0 Å². The summed E-state index contributed by atoms with van der Waals surface area (Å²) in [7, 11) is -4.74. The molecule has 1 atom stereocenters. The molecule has 0 saturated heterocycles. The van der Waals surface area contributed by atoms with Gasteiger partial charge in [0.05, 0.1) is 6.61 Å². The van der Waals surface area contributed by atoms with E-state index in [1.807, 2.05) is 0 Å². The minimum atomic E-state index is -4.74. The van der Waals surface area contributed by atoms with Crippen molar-refractivity contribution in [2.24, 2.45) is 5.92 Å². The molecule has 0 aromatic rings. The van der Waals surface area contributed by atoms with Crippen molar-refractivity contribution < 1.29 is 37.9 Å². The Balaban J connectivity index is 3.83. The molecular formula is C40H79O8P. The lowest BCUT2D eigenvalue weighted by Gasteiger charge is -2.18. The van der Waals surface area contributed by atoms with E-state index in [2.05, 4.69) is 25.3 Å². The number of hydrogen-bond donors (Lipinski definition) is 2. The molecule has 2 N–H and O–H groups in total. The second-order valence-corrected chi connectivity index (χ2v) is 16.0. The Morgan fingerprint density at radius 1 is 0.510 bits per heavy atom. The van der Waals surface area contributed by atoms with E-state index >= 15 is 0 Å². The van der Waals surface area contributed by atoms with Crippen molar-refractivity contribution in [3.63, 3.8) is 0 Å². The first-order chi connectivity index (χ1) is 23.6. The molecule has 0 saturated carbocycles. The molecule has 0 aromatic carbocycles. The molecule has 0 aromatic heterocycles. The summed E-state index contributed by atoms with van der Waals surface area (Å²) in [5.41, 5.74) is 0. The van der Waals surface area contributed by atoms with E-state index < -0.39 is 32.5 Å². The summed E-state index contributed by atoms with van der Waals surface area (Å²) in [4.78, 5) is 42.8. The molecule has 0 aliphatic heterocycles. The van der Waals surface area contributed by atoms with Crippen LogP contribution in [0.1, 0.15) is 220 Å². The van der Waals surface area contributed by atoms with Gasteiger partial charge in [-0.15, -0.1) is 0 Å². The fraction of sp³-hybridized carbons (Fsp3) is 0.950. The molecule has 49 heavy (non-hydrogen) atoms. The van der Waals surface area contributed by atoms with Crippen LogP contribution < -0.4 is 0 Å². The molecule has 0 amide bonds. The van der Waals surface area contributed by atoms with Gasteiger partial charge in [-0.3, -0.25) is 14.1 Å². The van der Waals surface area contributed by atoms with Gasteiger partial charge in [0.1, 0.15) is 6.61 Å². The monoisotopic (exact) mass is 719 g/mol. The van der Waals surface area contributed by atoms with Gasteiger partial charge in [0.15, 0.2) is 6.10 Å². The number of phosphoric acid groups is 1. The Hall–Kier alpha value is -0.950. The fourth-order valence-corrected chi connectivity index (χ4v) is 6.57. The first-order valence-corrected chi connectivity index (χ1v) is 22.2. The van der Waals surface area contributed by atoms with Crippen LogP contribution in [0, 0.1) is 5.92 Å². The van der Waals surface area contributed by atoms with Gasteiger partial charge in [-0.1, -0.05) is 194 Å². The van der Waals surface area contributed by atoms with Crippen LogP contribution in [0.5, 0.6) is 0 Å². The molecule has 292 valence electrons. The van der Waals surface area contributed by atoms with Gasteiger partial charge < -0.3 is 19.3 Å². The van der Waals surface area contributed by atoms with E-state index in [0.29, 0.717) is 6.42 Å². The number of carbonyl (C=O) groups is 2. The Morgan fingerprint density at radius 2 is 0.857 bits per heavy atom. The smallest absolute Gasteiger partial charge is 0.462 e. The summed E-state index contributed by atoms with van der Waals surface area (Å²) in [5, 5.41) is 0. The Labute approximate surface area is 302 Å². The minimum Gasteiger partial charge on any atom is -0.462 e. The van der Waals surface area contributed by atoms with Gasteiger partial charge in [-0.05, 0) is 18.8 Å². The standard InChI is InChI=1S/C40H79O8P/c1-4-5-6-7-8-9-10-11-12-13-14-15-16-17-18-21-24-27-30-33-39(41)46-35-38(36-47-49(43,44)45)48-40(42)34-31-28-25-22-19-20-23-26-29-32-37(2)3/h37-38H,4-36H2,1-3H3,(H2,43,44,45)/t38-/m1/s1. The second-order valence-electron chi connectivity index (χ2n) is 14.8. The lowest BCUT2D eigenvalue weighted by Crippen LogP contribution is -2.29. The number of esters is 2. The molecule has 0 fully saturated rings. The summed E-state index contributed by atoms with van der Waals surface area (Å²) in [6, 6.07) is 0. The maximum atomic E-state index is 12.4. The van der Waals surface area contributed by atoms with Gasteiger partial charge in [0, 0.05) is 12.8 Å². The highest BCUT2D eigenvalue weighted by Gasteiger charge is 2.22. The zero-order valence-corrected chi connectivity index (χ0v) is 33.2. The number of rotatable bonds is 38. The van der Waals surface area contributed by atoms with Crippen molar-refractivity contribution in [3.8, 4) is 0 Å². The van der Waals surface area contributed by atoms with Crippen LogP contribution in [0.15, 0.2) is 0 Å². The van der Waals surface area contributed by atoms with Crippen molar-refractivity contribution >= 4 is 19.8 Å². The van der Waals surface area contributed by atoms with Crippen molar-refractivity contribution in [1.29, 1.82) is 0 Å². The summed E-state index contributed by atoms with van der Waals surface area (Å²) < 4.78 is 26.4. The van der Waals surface area contributed by atoms with Crippen molar-refractivity contribution in [2.75, 3.05) is 13.2 Å². The quantitative estimate of drug-likeness (QED) is 0.0368. The van der Waals surface area contributed by atoms with E-state index in [1.54, 1.807) is 0 Å². The molecule has 8 nitrogen and oxygen atoms in total. The van der Waals surface area contributed by atoms with E-state index in [1.165, 1.54) is 141 Å². The highest BCUT2D eigenvalue weighted by molar-refractivity contribution is 7.46. The predicted molar refractivity (Wildman–Crippen MR) is 202 cm³/mol. The molecule has 0 aliphatic carbocycles. The Kier molecular flexibility index (Phi) is 34.8. The first-order valence-electron chi connectivity index (χ1n) is 20.7. The third-order valence-corrected chi connectivity index (χ3v) is 9.79. The van der Waals surface area contributed by atoms with Crippen LogP contribution in [0.2, 0.25) is 0 Å². The normalized spacial score (nSPS) is 12.4. The molecule has 0 radical (unpaired) electrons. The fourth-order valence-electron chi connectivity index (χ4n) is 6.21. The molecule has 0 unspecified atom stereocenters. The number of phosphoric ester groups is 1. The van der Waals surface area contributed by atoms with E-state index in [4.69, 9.17) is 19.3 Å². The topological polar surface area (TPSA) is 119 Å². The average molecular weight is 719 g/mol. The van der Waals surface area contributed by atoms with Crippen LogP contribution >= 0.6 is 7.82 Å². The number of unbranched alkanes of at least 4 members (excludes halogenated alkanes) is 26. The molecule has 9 heteroatoms. The average Bonchev–Trinajstić information content (AvgIpc) is 3.05. The number of carbonyl (C=O) groups excluding carboxylic acids is 2. The van der Waals surface area contributed by atoms with Gasteiger partial charge >= 0.3 is 19.8 Å². The van der Waals surface area contributed by atoms with Crippen molar-refractivity contribution in [1.82, 2.24) is 0 Å². The Bertz CT molecular complexity index is 784. The maximum absolute atomic E-state index is 12.4. The molecule has 0 heterocycles. The second kappa shape index (κ2) is 35.5. The van der Waals surface area contributed by atoms with Crippen LogP contribution in [0.3, 0.4) is 0 Å². The SMILES string of the molecule is CCCCCCCCCCCCCCCCCCCCCC(=O)OC[C@H](COP(=O)(O)O)OC(=O)CCCCCCCCCCCC(C)C. The zero-order chi connectivity index (χ0) is 36.3. The van der Waals surface area contributed by atoms with E-state index in [0.717, 1.165) is 44.4 Å². The number of ether oxygens (including phenoxy) is 2. The molecular weight excluding hydrogens is 639 g/mol. The van der Waals surface area contributed by atoms with Crippen molar-refractivity contribution in [2.45, 2.75) is 226 Å². The molecule has 0 aliphatic rings. The van der Waals surface area contributed by atoms with Gasteiger partial charge in [0.2, 0.25) is 0 Å². The Morgan fingerprint density at radius 3 is 1.22 bits per heavy atom. The highest BCUT2D eigenvalue weighted by atomic mass is 31.2. The minimum absolute atomic E-state index is 0.217. The molecule has 0 bridgehead atoms. The largest absolute Gasteiger partial charge is 0.469 e. The summed E-state index contributed by atoms with van der Waals surface area (Å²) >= 11 is 0. The van der Waals surface area contributed by atoms with Gasteiger partial charge in [-0.2, -0.15) is 0 Å². The summed E-state index contributed by atoms with van der Waals surface area (Å²) in [6.45, 7) is 6.00. The van der Waals surface area contributed by atoms with E-state index in [9.17, 15) is 14.2 Å². The van der Waals surface area contributed by atoms with Crippen LogP contribution in [-0.2, 0) is 28.2 Å². The first kappa shape index (κ1) is 48.0. The maximum Gasteiger partial charge on any atom is 0.469 e. The van der Waals surface area contributed by atoms with E-state index in [-0.39, 0.29) is 19.4 Å².